The van der Waals surface area contributed by atoms with Crippen LogP contribution in [0.5, 0.6) is 0 Å². The van der Waals surface area contributed by atoms with E-state index in [-0.39, 0.29) is 0 Å². The van der Waals surface area contributed by atoms with Crippen LogP contribution in [0, 0.1) is 13.8 Å². The predicted molar refractivity (Wildman–Crippen MR) is 70.7 cm³/mol. The number of anilines is 1. The van der Waals surface area contributed by atoms with Crippen molar-refractivity contribution in [3.63, 3.8) is 0 Å². The number of nitrogens with zero attached hydrogens (tertiary/aromatic N) is 1. The van der Waals surface area contributed by atoms with Crippen LogP contribution in [0.1, 0.15) is 31.4 Å². The number of likely N-dealkylation sites (N-methyl/N-ethyl adjacent to an activating group) is 1. The number of hydrogen-bond donors (Lipinski definition) is 1. The van der Waals surface area contributed by atoms with Gasteiger partial charge in [-0.05, 0) is 50.5 Å². The second kappa shape index (κ2) is 5.71. The van der Waals surface area contributed by atoms with Crippen molar-refractivity contribution in [2.24, 2.45) is 0 Å². The lowest BCUT2D eigenvalue weighted by Gasteiger charge is -2.29. The molecule has 0 bridgehead atoms. The molecule has 0 saturated heterocycles. The SMILES string of the molecule is CCC(C(=O)O)N(CC)c1ccc(C)c(C)c1. The average Bonchev–Trinajstić information content (AvgIpc) is 2.29. The molecule has 3 nitrogen and oxygen atoms in total. The van der Waals surface area contributed by atoms with E-state index in [9.17, 15) is 9.90 Å². The molecular formula is C14H21NO2. The summed E-state index contributed by atoms with van der Waals surface area (Å²) in [6, 6.07) is 5.66. The van der Waals surface area contributed by atoms with E-state index in [0.29, 0.717) is 13.0 Å². The quantitative estimate of drug-likeness (QED) is 0.853. The normalized spacial score (nSPS) is 12.2. The van der Waals surface area contributed by atoms with E-state index in [1.165, 1.54) is 11.1 Å². The molecule has 1 aromatic rings. The Balaban J connectivity index is 3.08. The van der Waals surface area contributed by atoms with Gasteiger partial charge in [0.05, 0.1) is 0 Å². The number of aliphatic carboxylic acids is 1. The fourth-order valence-electron chi connectivity index (χ4n) is 2.02. The van der Waals surface area contributed by atoms with Gasteiger partial charge in [0.25, 0.3) is 0 Å². The van der Waals surface area contributed by atoms with Crippen molar-refractivity contribution in [2.75, 3.05) is 11.4 Å². The Labute approximate surface area is 103 Å². The number of carboxylic acids is 1. The number of aryl methyl sites for hydroxylation is 2. The fourth-order valence-corrected chi connectivity index (χ4v) is 2.02. The van der Waals surface area contributed by atoms with Gasteiger partial charge in [-0.3, -0.25) is 0 Å². The first kappa shape index (κ1) is 13.6. The summed E-state index contributed by atoms with van der Waals surface area (Å²) in [7, 11) is 0. The maximum Gasteiger partial charge on any atom is 0.326 e. The molecule has 1 atom stereocenters. The molecule has 0 radical (unpaired) electrons. The number of carboxylic acid groups (broad SMARTS) is 1. The molecule has 0 spiro atoms. The minimum atomic E-state index is -0.757. The molecule has 3 heteroatoms. The summed E-state index contributed by atoms with van der Waals surface area (Å²) in [6.45, 7) is 8.70. The number of hydrogen-bond acceptors (Lipinski definition) is 2. The molecule has 0 saturated carbocycles. The third-order valence-electron chi connectivity index (χ3n) is 3.21. The molecule has 0 aliphatic rings. The predicted octanol–water partition coefficient (Wildman–Crippen LogP) is 2.99. The van der Waals surface area contributed by atoms with Gasteiger partial charge in [0.1, 0.15) is 6.04 Å². The molecule has 17 heavy (non-hydrogen) atoms. The van der Waals surface area contributed by atoms with Crippen molar-refractivity contribution in [3.05, 3.63) is 29.3 Å². The van der Waals surface area contributed by atoms with Gasteiger partial charge in [0.2, 0.25) is 0 Å². The summed E-state index contributed by atoms with van der Waals surface area (Å²) >= 11 is 0. The number of rotatable bonds is 5. The van der Waals surface area contributed by atoms with Crippen molar-refractivity contribution in [2.45, 2.75) is 40.2 Å². The molecule has 0 aliphatic carbocycles. The Morgan fingerprint density at radius 1 is 1.29 bits per heavy atom. The van der Waals surface area contributed by atoms with Gasteiger partial charge < -0.3 is 10.0 Å². The molecular weight excluding hydrogens is 214 g/mol. The lowest BCUT2D eigenvalue weighted by Crippen LogP contribution is -2.40. The smallest absolute Gasteiger partial charge is 0.326 e. The van der Waals surface area contributed by atoms with Crippen LogP contribution in [0.4, 0.5) is 5.69 Å². The van der Waals surface area contributed by atoms with Gasteiger partial charge in [0.15, 0.2) is 0 Å². The van der Waals surface area contributed by atoms with Crippen LogP contribution in [-0.4, -0.2) is 23.7 Å². The van der Waals surface area contributed by atoms with Crippen molar-refractivity contribution >= 4 is 11.7 Å². The highest BCUT2D eigenvalue weighted by Crippen LogP contribution is 2.22. The van der Waals surface area contributed by atoms with Gasteiger partial charge >= 0.3 is 5.97 Å². The van der Waals surface area contributed by atoms with Gasteiger partial charge in [-0.25, -0.2) is 4.79 Å². The Morgan fingerprint density at radius 3 is 2.35 bits per heavy atom. The third kappa shape index (κ3) is 2.99. The first-order valence-corrected chi connectivity index (χ1v) is 6.07. The average molecular weight is 235 g/mol. The minimum Gasteiger partial charge on any atom is -0.480 e. The van der Waals surface area contributed by atoms with E-state index < -0.39 is 12.0 Å². The van der Waals surface area contributed by atoms with Crippen LogP contribution in [-0.2, 0) is 4.79 Å². The number of benzene rings is 1. The zero-order chi connectivity index (χ0) is 13.0. The zero-order valence-electron chi connectivity index (χ0n) is 11.0. The summed E-state index contributed by atoms with van der Waals surface area (Å²) in [5.74, 6) is -0.757. The van der Waals surface area contributed by atoms with Gasteiger partial charge in [-0.1, -0.05) is 13.0 Å². The fraction of sp³-hybridized carbons (Fsp3) is 0.500. The number of carbonyl (C=O) groups is 1. The second-order valence-electron chi connectivity index (χ2n) is 4.32. The van der Waals surface area contributed by atoms with Crippen LogP contribution >= 0.6 is 0 Å². The Bertz CT molecular complexity index is 401. The van der Waals surface area contributed by atoms with E-state index in [0.717, 1.165) is 5.69 Å². The lowest BCUT2D eigenvalue weighted by atomic mass is 10.1. The molecule has 1 N–H and O–H groups in total. The van der Waals surface area contributed by atoms with E-state index in [1.807, 2.05) is 37.8 Å². The monoisotopic (exact) mass is 235 g/mol. The summed E-state index contributed by atoms with van der Waals surface area (Å²) in [5, 5.41) is 9.22. The first-order valence-electron chi connectivity index (χ1n) is 6.07. The lowest BCUT2D eigenvalue weighted by molar-refractivity contribution is -0.138. The molecule has 1 aromatic carbocycles. The highest BCUT2D eigenvalue weighted by atomic mass is 16.4. The van der Waals surface area contributed by atoms with E-state index in [4.69, 9.17) is 0 Å². The summed E-state index contributed by atoms with van der Waals surface area (Å²) in [6.07, 6.45) is 0.607. The van der Waals surface area contributed by atoms with Crippen LogP contribution in [0.3, 0.4) is 0 Å². The summed E-state index contributed by atoms with van der Waals surface area (Å²) < 4.78 is 0. The van der Waals surface area contributed by atoms with Crippen LogP contribution < -0.4 is 4.90 Å². The third-order valence-corrected chi connectivity index (χ3v) is 3.21. The van der Waals surface area contributed by atoms with E-state index in [1.54, 1.807) is 0 Å². The Kier molecular flexibility index (Phi) is 4.55. The Hall–Kier alpha value is -1.51. The maximum atomic E-state index is 11.2. The van der Waals surface area contributed by atoms with Gasteiger partial charge in [-0.2, -0.15) is 0 Å². The molecule has 0 fully saturated rings. The van der Waals surface area contributed by atoms with Gasteiger partial charge in [-0.15, -0.1) is 0 Å². The summed E-state index contributed by atoms with van der Waals surface area (Å²) in [4.78, 5) is 13.2. The second-order valence-corrected chi connectivity index (χ2v) is 4.32. The highest BCUT2D eigenvalue weighted by molar-refractivity contribution is 5.78. The molecule has 0 amide bonds. The summed E-state index contributed by atoms with van der Waals surface area (Å²) in [5.41, 5.74) is 3.42. The van der Waals surface area contributed by atoms with Crippen molar-refractivity contribution < 1.29 is 9.90 Å². The van der Waals surface area contributed by atoms with E-state index >= 15 is 0 Å². The maximum absolute atomic E-state index is 11.2. The topological polar surface area (TPSA) is 40.5 Å². The largest absolute Gasteiger partial charge is 0.480 e. The van der Waals surface area contributed by atoms with Crippen LogP contribution in [0.15, 0.2) is 18.2 Å². The van der Waals surface area contributed by atoms with Crippen LogP contribution in [0.2, 0.25) is 0 Å². The first-order chi connectivity index (χ1) is 8.01. The highest BCUT2D eigenvalue weighted by Gasteiger charge is 2.22. The minimum absolute atomic E-state index is 0.442. The molecule has 94 valence electrons. The van der Waals surface area contributed by atoms with E-state index in [2.05, 4.69) is 13.0 Å². The molecule has 0 heterocycles. The molecule has 1 unspecified atom stereocenters. The van der Waals surface area contributed by atoms with Crippen molar-refractivity contribution in [1.82, 2.24) is 0 Å². The molecule has 1 rings (SSSR count). The zero-order valence-corrected chi connectivity index (χ0v) is 11.0. The van der Waals surface area contributed by atoms with Crippen molar-refractivity contribution in [3.8, 4) is 0 Å². The van der Waals surface area contributed by atoms with Crippen LogP contribution in [0.25, 0.3) is 0 Å². The van der Waals surface area contributed by atoms with Gasteiger partial charge in [0, 0.05) is 12.2 Å². The molecule has 0 aliphatic heterocycles. The Morgan fingerprint density at radius 2 is 1.94 bits per heavy atom. The standard InChI is InChI=1S/C14H21NO2/c1-5-13(14(16)17)15(6-2)12-8-7-10(3)11(4)9-12/h7-9,13H,5-6H2,1-4H3,(H,16,17). The molecule has 0 aromatic heterocycles. The van der Waals surface area contributed by atoms with Crippen molar-refractivity contribution in [1.29, 1.82) is 0 Å².